The summed E-state index contributed by atoms with van der Waals surface area (Å²) in [5, 5.41) is 12.1. The summed E-state index contributed by atoms with van der Waals surface area (Å²) in [4.78, 5) is 23.5. The van der Waals surface area contributed by atoms with Crippen molar-refractivity contribution in [2.45, 2.75) is 52.2 Å². The van der Waals surface area contributed by atoms with E-state index in [0.29, 0.717) is 6.42 Å². The number of rotatable bonds is 5. The van der Waals surface area contributed by atoms with Crippen molar-refractivity contribution in [2.75, 3.05) is 0 Å². The van der Waals surface area contributed by atoms with Gasteiger partial charge in [0.15, 0.2) is 0 Å². The minimum absolute atomic E-state index is 0.00156. The average Bonchev–Trinajstić information content (AvgIpc) is 2.65. The van der Waals surface area contributed by atoms with Crippen LogP contribution in [0.15, 0.2) is 30.3 Å². The molecule has 1 aliphatic rings. The lowest BCUT2D eigenvalue weighted by Gasteiger charge is -2.33. The molecule has 5 heteroatoms. The van der Waals surface area contributed by atoms with Gasteiger partial charge in [0.2, 0.25) is 0 Å². The fourth-order valence-electron chi connectivity index (χ4n) is 3.81. The summed E-state index contributed by atoms with van der Waals surface area (Å²) in [6.45, 7) is 6.37. The van der Waals surface area contributed by atoms with E-state index in [1.807, 2.05) is 37.3 Å². The molecule has 1 aromatic rings. The van der Waals surface area contributed by atoms with Crippen LogP contribution in [0.5, 0.6) is 0 Å². The molecule has 126 valence electrons. The van der Waals surface area contributed by atoms with Crippen molar-refractivity contribution in [1.82, 2.24) is 5.32 Å². The number of ether oxygens (including phenoxy) is 1. The molecule has 2 unspecified atom stereocenters. The van der Waals surface area contributed by atoms with E-state index in [-0.39, 0.29) is 24.4 Å². The van der Waals surface area contributed by atoms with E-state index in [0.717, 1.165) is 12.0 Å². The van der Waals surface area contributed by atoms with Crippen molar-refractivity contribution in [3.05, 3.63) is 35.9 Å². The minimum Gasteiger partial charge on any atom is -0.481 e. The predicted molar refractivity (Wildman–Crippen MR) is 86.9 cm³/mol. The number of carbonyl (C=O) groups excluding carboxylic acids is 1. The molecule has 1 aromatic carbocycles. The van der Waals surface area contributed by atoms with Crippen LogP contribution in [0.3, 0.4) is 0 Å². The Balaban J connectivity index is 2.03. The summed E-state index contributed by atoms with van der Waals surface area (Å²) in [5.74, 6) is -0.823. The second-order valence-corrected chi connectivity index (χ2v) is 7.36. The van der Waals surface area contributed by atoms with Gasteiger partial charge in [-0.15, -0.1) is 0 Å². The molecule has 2 N–H and O–H groups in total. The Bertz CT molecular complexity index is 570. The molecule has 1 aliphatic carbocycles. The average molecular weight is 319 g/mol. The fraction of sp³-hybridized carbons (Fsp3) is 0.556. The van der Waals surface area contributed by atoms with Gasteiger partial charge in [-0.2, -0.15) is 0 Å². The van der Waals surface area contributed by atoms with Gasteiger partial charge in [-0.1, -0.05) is 51.1 Å². The fourth-order valence-corrected chi connectivity index (χ4v) is 3.81. The van der Waals surface area contributed by atoms with E-state index in [9.17, 15) is 14.7 Å². The number of amides is 1. The minimum atomic E-state index is -0.905. The number of hydrogen-bond acceptors (Lipinski definition) is 3. The molecule has 1 amide bonds. The Hall–Kier alpha value is -2.04. The zero-order chi connectivity index (χ0) is 17.1. The van der Waals surface area contributed by atoms with Crippen LogP contribution in [-0.2, 0) is 16.1 Å². The first kappa shape index (κ1) is 17.3. The summed E-state index contributed by atoms with van der Waals surface area (Å²) >= 11 is 0. The van der Waals surface area contributed by atoms with E-state index < -0.39 is 17.6 Å². The summed E-state index contributed by atoms with van der Waals surface area (Å²) in [6.07, 6.45) is 0.866. The highest BCUT2D eigenvalue weighted by molar-refractivity contribution is 5.73. The monoisotopic (exact) mass is 319 g/mol. The number of carbonyl (C=O) groups is 2. The number of aliphatic carboxylic acids is 1. The Morgan fingerprint density at radius 3 is 2.48 bits per heavy atom. The highest BCUT2D eigenvalue weighted by Crippen LogP contribution is 2.49. The number of carboxylic acids is 1. The molecule has 1 saturated carbocycles. The molecule has 1 fully saturated rings. The van der Waals surface area contributed by atoms with Crippen LogP contribution in [0.1, 0.15) is 45.6 Å². The molecule has 2 atom stereocenters. The van der Waals surface area contributed by atoms with E-state index in [4.69, 9.17) is 4.74 Å². The summed E-state index contributed by atoms with van der Waals surface area (Å²) in [5.41, 5.74) is 0.153. The van der Waals surface area contributed by atoms with Gasteiger partial charge >= 0.3 is 12.1 Å². The number of nitrogens with one attached hydrogen (secondary N) is 1. The molecule has 2 rings (SSSR count). The highest BCUT2D eigenvalue weighted by Gasteiger charge is 2.50. The third kappa shape index (κ3) is 4.47. The lowest BCUT2D eigenvalue weighted by Crippen LogP contribution is -2.52. The SMILES string of the molecule is CC1CC(C)(C)CC1(CC(=O)O)NC(=O)OCc1ccccc1. The molecule has 0 aliphatic heterocycles. The maximum Gasteiger partial charge on any atom is 0.407 e. The molecular weight excluding hydrogens is 294 g/mol. The highest BCUT2D eigenvalue weighted by atomic mass is 16.5. The normalized spacial score (nSPS) is 25.8. The largest absolute Gasteiger partial charge is 0.481 e. The third-order valence-electron chi connectivity index (χ3n) is 4.63. The zero-order valence-electron chi connectivity index (χ0n) is 14.0. The van der Waals surface area contributed by atoms with E-state index in [1.165, 1.54) is 0 Å². The Morgan fingerprint density at radius 2 is 1.96 bits per heavy atom. The van der Waals surface area contributed by atoms with Gasteiger partial charge in [-0.05, 0) is 29.7 Å². The molecule has 0 heterocycles. The van der Waals surface area contributed by atoms with Crippen LogP contribution >= 0.6 is 0 Å². The van der Waals surface area contributed by atoms with Gasteiger partial charge in [-0.3, -0.25) is 4.79 Å². The first-order valence-corrected chi connectivity index (χ1v) is 7.93. The second kappa shape index (κ2) is 6.60. The van der Waals surface area contributed by atoms with Crippen molar-refractivity contribution in [2.24, 2.45) is 11.3 Å². The van der Waals surface area contributed by atoms with Gasteiger partial charge in [0, 0.05) is 0 Å². The third-order valence-corrected chi connectivity index (χ3v) is 4.63. The van der Waals surface area contributed by atoms with Crippen LogP contribution in [0.2, 0.25) is 0 Å². The molecule has 0 spiro atoms. The van der Waals surface area contributed by atoms with Crippen molar-refractivity contribution in [3.63, 3.8) is 0 Å². The smallest absolute Gasteiger partial charge is 0.407 e. The standard InChI is InChI=1S/C18H25NO4/c1-13-9-17(2,3)12-18(13,10-15(20)21)19-16(22)23-11-14-7-5-4-6-8-14/h4-8,13H,9-12H2,1-3H3,(H,19,22)(H,20,21). The van der Waals surface area contributed by atoms with Crippen LogP contribution in [-0.4, -0.2) is 22.7 Å². The molecule has 0 aromatic heterocycles. The maximum atomic E-state index is 12.2. The second-order valence-electron chi connectivity index (χ2n) is 7.36. The van der Waals surface area contributed by atoms with Crippen molar-refractivity contribution in [1.29, 1.82) is 0 Å². The van der Waals surface area contributed by atoms with Crippen LogP contribution in [0.25, 0.3) is 0 Å². The molecule has 0 saturated heterocycles. The van der Waals surface area contributed by atoms with Crippen molar-refractivity contribution in [3.8, 4) is 0 Å². The van der Waals surface area contributed by atoms with Gasteiger partial charge in [0.1, 0.15) is 6.61 Å². The molecule has 23 heavy (non-hydrogen) atoms. The quantitative estimate of drug-likeness (QED) is 0.869. The van der Waals surface area contributed by atoms with Gasteiger partial charge in [0.05, 0.1) is 12.0 Å². The number of carboxylic acid groups (broad SMARTS) is 1. The Morgan fingerprint density at radius 1 is 1.30 bits per heavy atom. The van der Waals surface area contributed by atoms with E-state index in [2.05, 4.69) is 19.2 Å². The van der Waals surface area contributed by atoms with Crippen LogP contribution < -0.4 is 5.32 Å². The van der Waals surface area contributed by atoms with Crippen molar-refractivity contribution < 1.29 is 19.4 Å². The van der Waals surface area contributed by atoms with E-state index >= 15 is 0 Å². The lowest BCUT2D eigenvalue weighted by molar-refractivity contribution is -0.139. The van der Waals surface area contributed by atoms with E-state index in [1.54, 1.807) is 0 Å². The topological polar surface area (TPSA) is 75.6 Å². The predicted octanol–water partition coefficient (Wildman–Crippen LogP) is 3.58. The Kier molecular flexibility index (Phi) is 4.97. The lowest BCUT2D eigenvalue weighted by atomic mass is 9.83. The molecule has 0 radical (unpaired) electrons. The first-order valence-electron chi connectivity index (χ1n) is 7.93. The van der Waals surface area contributed by atoms with Crippen molar-refractivity contribution >= 4 is 12.1 Å². The first-order chi connectivity index (χ1) is 10.7. The van der Waals surface area contributed by atoms with Gasteiger partial charge < -0.3 is 15.2 Å². The zero-order valence-corrected chi connectivity index (χ0v) is 14.0. The molecule has 5 nitrogen and oxygen atoms in total. The number of hydrogen-bond donors (Lipinski definition) is 2. The van der Waals surface area contributed by atoms with Crippen LogP contribution in [0.4, 0.5) is 4.79 Å². The number of alkyl carbamates (subject to hydrolysis) is 1. The molecule has 0 bridgehead atoms. The summed E-state index contributed by atoms with van der Waals surface area (Å²) in [7, 11) is 0. The number of benzene rings is 1. The van der Waals surface area contributed by atoms with Gasteiger partial charge in [-0.25, -0.2) is 4.79 Å². The summed E-state index contributed by atoms with van der Waals surface area (Å²) in [6, 6.07) is 9.41. The molecular formula is C18H25NO4. The maximum absolute atomic E-state index is 12.2. The summed E-state index contributed by atoms with van der Waals surface area (Å²) < 4.78 is 5.27. The Labute approximate surface area is 137 Å². The van der Waals surface area contributed by atoms with Crippen LogP contribution in [0, 0.1) is 11.3 Å². The van der Waals surface area contributed by atoms with Gasteiger partial charge in [0.25, 0.3) is 0 Å².